The number of benzene rings is 1. The number of nitrogens with one attached hydrogen (secondary N) is 1. The molecule has 0 radical (unpaired) electrons. The summed E-state index contributed by atoms with van der Waals surface area (Å²) in [4.78, 5) is 22.5. The largest absolute Gasteiger partial charge is 0.480 e. The quantitative estimate of drug-likeness (QED) is 0.781. The lowest BCUT2D eigenvalue weighted by Gasteiger charge is -2.16. The van der Waals surface area contributed by atoms with Crippen molar-refractivity contribution in [1.82, 2.24) is 5.32 Å². The van der Waals surface area contributed by atoms with Crippen LogP contribution in [0.3, 0.4) is 0 Å². The molecule has 96 valence electrons. The van der Waals surface area contributed by atoms with E-state index in [0.717, 1.165) is 5.56 Å². The van der Waals surface area contributed by atoms with Crippen LogP contribution in [0.25, 0.3) is 6.08 Å². The predicted octanol–water partition coefficient (Wildman–Crippen LogP) is 1.93. The molecule has 2 N–H and O–H groups in total. The molecular weight excluding hydrogens is 230 g/mol. The molecule has 0 aliphatic heterocycles. The van der Waals surface area contributed by atoms with Gasteiger partial charge in [-0.15, -0.1) is 0 Å². The molecule has 1 amide bonds. The minimum absolute atomic E-state index is 0.156. The lowest BCUT2D eigenvalue weighted by Crippen LogP contribution is -2.43. The second-order valence-corrected chi connectivity index (χ2v) is 4.31. The van der Waals surface area contributed by atoms with Crippen molar-refractivity contribution in [2.75, 3.05) is 0 Å². The number of carbonyl (C=O) groups excluding carboxylic acids is 1. The fraction of sp³-hybridized carbons (Fsp3) is 0.286. The zero-order valence-electron chi connectivity index (χ0n) is 10.5. The molecule has 1 aromatic rings. The normalized spacial score (nSPS) is 12.6. The summed E-state index contributed by atoms with van der Waals surface area (Å²) in [6.45, 7) is 3.50. The number of hydrogen-bond donors (Lipinski definition) is 2. The molecule has 0 heterocycles. The molecular formula is C14H17NO3. The molecule has 0 fully saturated rings. The second-order valence-electron chi connectivity index (χ2n) is 4.31. The molecule has 18 heavy (non-hydrogen) atoms. The average Bonchev–Trinajstić information content (AvgIpc) is 2.34. The van der Waals surface area contributed by atoms with Crippen LogP contribution in [0.2, 0.25) is 0 Å². The van der Waals surface area contributed by atoms with Crippen molar-refractivity contribution in [2.45, 2.75) is 19.9 Å². The highest BCUT2D eigenvalue weighted by Crippen LogP contribution is 2.03. The summed E-state index contributed by atoms with van der Waals surface area (Å²) in [7, 11) is 0. The first kappa shape index (κ1) is 14.0. The molecule has 0 unspecified atom stereocenters. The molecule has 1 rings (SSSR count). The Morgan fingerprint density at radius 2 is 1.83 bits per heavy atom. The highest BCUT2D eigenvalue weighted by molar-refractivity contribution is 5.94. The van der Waals surface area contributed by atoms with Crippen LogP contribution in [-0.4, -0.2) is 23.0 Å². The number of carbonyl (C=O) groups is 2. The predicted molar refractivity (Wildman–Crippen MR) is 69.9 cm³/mol. The van der Waals surface area contributed by atoms with Crippen LogP contribution in [0, 0.1) is 5.92 Å². The third-order valence-corrected chi connectivity index (χ3v) is 2.46. The smallest absolute Gasteiger partial charge is 0.326 e. The van der Waals surface area contributed by atoms with Gasteiger partial charge in [0.25, 0.3) is 0 Å². The topological polar surface area (TPSA) is 66.4 Å². The minimum atomic E-state index is -1.02. The summed E-state index contributed by atoms with van der Waals surface area (Å²) >= 11 is 0. The summed E-state index contributed by atoms with van der Waals surface area (Å²) < 4.78 is 0. The van der Waals surface area contributed by atoms with E-state index in [1.807, 2.05) is 30.3 Å². The molecule has 4 nitrogen and oxygen atoms in total. The standard InChI is InChI=1S/C14H17NO3/c1-10(2)13(14(17)18)15-12(16)9-8-11-6-4-3-5-7-11/h3-10,13H,1-2H3,(H,15,16)(H,17,18)/b9-8-/t13-/m1/s1. The Balaban J connectivity index is 2.61. The maximum absolute atomic E-state index is 11.6. The van der Waals surface area contributed by atoms with Crippen molar-refractivity contribution in [3.8, 4) is 0 Å². The van der Waals surface area contributed by atoms with Gasteiger partial charge in [0, 0.05) is 6.08 Å². The van der Waals surface area contributed by atoms with Crippen LogP contribution in [0.5, 0.6) is 0 Å². The van der Waals surface area contributed by atoms with Gasteiger partial charge in [-0.25, -0.2) is 4.79 Å². The van der Waals surface area contributed by atoms with Crippen LogP contribution < -0.4 is 5.32 Å². The van der Waals surface area contributed by atoms with Crippen molar-refractivity contribution in [3.05, 3.63) is 42.0 Å². The summed E-state index contributed by atoms with van der Waals surface area (Å²) in [6, 6.07) is 8.48. The van der Waals surface area contributed by atoms with Crippen LogP contribution in [0.1, 0.15) is 19.4 Å². The van der Waals surface area contributed by atoms with E-state index in [0.29, 0.717) is 0 Å². The van der Waals surface area contributed by atoms with Gasteiger partial charge in [-0.2, -0.15) is 0 Å². The lowest BCUT2D eigenvalue weighted by molar-refractivity contribution is -0.142. The van der Waals surface area contributed by atoms with Gasteiger partial charge in [-0.1, -0.05) is 44.2 Å². The van der Waals surface area contributed by atoms with Gasteiger partial charge in [0.05, 0.1) is 0 Å². The van der Waals surface area contributed by atoms with Gasteiger partial charge in [0.1, 0.15) is 6.04 Å². The Kier molecular flexibility index (Phi) is 5.11. The van der Waals surface area contributed by atoms with Crippen LogP contribution >= 0.6 is 0 Å². The first-order chi connectivity index (χ1) is 8.50. The molecule has 0 bridgehead atoms. The van der Waals surface area contributed by atoms with E-state index in [9.17, 15) is 9.59 Å². The number of amides is 1. The van der Waals surface area contributed by atoms with Crippen molar-refractivity contribution in [3.63, 3.8) is 0 Å². The van der Waals surface area contributed by atoms with E-state index in [1.54, 1.807) is 19.9 Å². The molecule has 0 saturated carbocycles. The number of carboxylic acid groups (broad SMARTS) is 1. The molecule has 4 heteroatoms. The minimum Gasteiger partial charge on any atom is -0.480 e. The maximum Gasteiger partial charge on any atom is 0.326 e. The van der Waals surface area contributed by atoms with Crippen molar-refractivity contribution in [1.29, 1.82) is 0 Å². The van der Waals surface area contributed by atoms with E-state index in [1.165, 1.54) is 6.08 Å². The van der Waals surface area contributed by atoms with Gasteiger partial charge < -0.3 is 10.4 Å². The number of rotatable bonds is 5. The van der Waals surface area contributed by atoms with E-state index in [4.69, 9.17) is 5.11 Å². The van der Waals surface area contributed by atoms with Gasteiger partial charge in [-0.3, -0.25) is 4.79 Å². The van der Waals surface area contributed by atoms with Gasteiger partial charge in [-0.05, 0) is 17.6 Å². The highest BCUT2D eigenvalue weighted by Gasteiger charge is 2.22. The molecule has 0 aliphatic carbocycles. The van der Waals surface area contributed by atoms with Crippen molar-refractivity contribution >= 4 is 18.0 Å². The summed E-state index contributed by atoms with van der Waals surface area (Å²) in [6.07, 6.45) is 2.99. The Morgan fingerprint density at radius 3 is 2.33 bits per heavy atom. The number of hydrogen-bond acceptors (Lipinski definition) is 2. The SMILES string of the molecule is CC(C)[C@@H](NC(=O)/C=C\c1ccccc1)C(=O)O. The second kappa shape index (κ2) is 6.59. The highest BCUT2D eigenvalue weighted by atomic mass is 16.4. The van der Waals surface area contributed by atoms with Crippen LogP contribution in [0.15, 0.2) is 36.4 Å². The van der Waals surface area contributed by atoms with E-state index >= 15 is 0 Å². The first-order valence-corrected chi connectivity index (χ1v) is 5.77. The first-order valence-electron chi connectivity index (χ1n) is 5.77. The Hall–Kier alpha value is -2.10. The third-order valence-electron chi connectivity index (χ3n) is 2.46. The maximum atomic E-state index is 11.6. The lowest BCUT2D eigenvalue weighted by atomic mass is 10.0. The molecule has 0 aromatic heterocycles. The average molecular weight is 247 g/mol. The molecule has 1 aromatic carbocycles. The Morgan fingerprint density at radius 1 is 1.22 bits per heavy atom. The fourth-order valence-corrected chi connectivity index (χ4v) is 1.45. The van der Waals surface area contributed by atoms with Gasteiger partial charge in [0.2, 0.25) is 5.91 Å². The van der Waals surface area contributed by atoms with Crippen LogP contribution in [-0.2, 0) is 9.59 Å². The van der Waals surface area contributed by atoms with Gasteiger partial charge >= 0.3 is 5.97 Å². The van der Waals surface area contributed by atoms with Crippen molar-refractivity contribution in [2.24, 2.45) is 5.92 Å². The summed E-state index contributed by atoms with van der Waals surface area (Å²) in [5, 5.41) is 11.4. The number of aliphatic carboxylic acids is 1. The van der Waals surface area contributed by atoms with Crippen LogP contribution in [0.4, 0.5) is 0 Å². The zero-order valence-corrected chi connectivity index (χ0v) is 10.5. The molecule has 0 saturated heterocycles. The monoisotopic (exact) mass is 247 g/mol. The summed E-state index contributed by atoms with van der Waals surface area (Å²) in [5.41, 5.74) is 0.893. The fourth-order valence-electron chi connectivity index (χ4n) is 1.45. The van der Waals surface area contributed by atoms with E-state index in [-0.39, 0.29) is 5.92 Å². The third kappa shape index (κ3) is 4.41. The molecule has 0 aliphatic rings. The Bertz CT molecular complexity index is 438. The van der Waals surface area contributed by atoms with E-state index in [2.05, 4.69) is 5.32 Å². The van der Waals surface area contributed by atoms with Gasteiger partial charge in [0.15, 0.2) is 0 Å². The van der Waals surface area contributed by atoms with E-state index < -0.39 is 17.9 Å². The molecule has 0 spiro atoms. The number of carboxylic acids is 1. The molecule has 1 atom stereocenters. The Labute approximate surface area is 106 Å². The zero-order chi connectivity index (χ0) is 13.5. The summed E-state index contributed by atoms with van der Waals surface area (Å²) in [5.74, 6) is -1.58. The van der Waals surface area contributed by atoms with Crippen molar-refractivity contribution < 1.29 is 14.7 Å².